The van der Waals surface area contributed by atoms with Gasteiger partial charge in [0.2, 0.25) is 5.91 Å². The van der Waals surface area contributed by atoms with E-state index in [9.17, 15) is 4.79 Å². The van der Waals surface area contributed by atoms with Gasteiger partial charge < -0.3 is 5.32 Å². The zero-order chi connectivity index (χ0) is 13.7. The number of carbonyl (C=O) groups excluding carboxylic acids is 1. The second kappa shape index (κ2) is 6.19. The summed E-state index contributed by atoms with van der Waals surface area (Å²) in [6.45, 7) is 3.94. The van der Waals surface area contributed by atoms with Crippen LogP contribution in [0.3, 0.4) is 0 Å². The molecule has 2 aromatic rings. The van der Waals surface area contributed by atoms with Crippen molar-refractivity contribution in [2.24, 2.45) is 0 Å². The minimum absolute atomic E-state index is 0.0668. The lowest BCUT2D eigenvalue weighted by molar-refractivity contribution is -0.121. The molecule has 0 saturated heterocycles. The molecule has 2 aromatic carbocycles. The van der Waals surface area contributed by atoms with Crippen LogP contribution in [-0.2, 0) is 4.79 Å². The fourth-order valence-corrected chi connectivity index (χ4v) is 2.16. The third kappa shape index (κ3) is 3.22. The fourth-order valence-electron chi connectivity index (χ4n) is 2.16. The highest BCUT2D eigenvalue weighted by atomic mass is 16.1. The number of benzene rings is 2. The Kier molecular flexibility index (Phi) is 4.35. The van der Waals surface area contributed by atoms with Gasteiger partial charge in [-0.15, -0.1) is 0 Å². The lowest BCUT2D eigenvalue weighted by atomic mass is 9.95. The lowest BCUT2D eigenvalue weighted by Crippen LogP contribution is -2.29. The molecular formula is C17H19NO. The molecule has 1 amide bonds. The number of aryl methyl sites for hydroxylation is 1. The van der Waals surface area contributed by atoms with Crippen LogP contribution in [0.25, 0.3) is 0 Å². The van der Waals surface area contributed by atoms with Gasteiger partial charge in [0.15, 0.2) is 0 Å². The largest absolute Gasteiger partial charge is 0.345 e. The molecule has 0 heterocycles. The van der Waals surface area contributed by atoms with Crippen LogP contribution in [0.5, 0.6) is 0 Å². The Morgan fingerprint density at radius 1 is 1.05 bits per heavy atom. The smallest absolute Gasteiger partial charge is 0.220 e. The van der Waals surface area contributed by atoms with Crippen LogP contribution in [0.2, 0.25) is 0 Å². The van der Waals surface area contributed by atoms with Crippen LogP contribution in [0.1, 0.15) is 36.1 Å². The monoisotopic (exact) mass is 253 g/mol. The Labute approximate surface area is 114 Å². The number of nitrogens with one attached hydrogen (secondary N) is 1. The van der Waals surface area contributed by atoms with Gasteiger partial charge in [-0.1, -0.05) is 61.5 Å². The summed E-state index contributed by atoms with van der Waals surface area (Å²) in [6.07, 6.45) is 0.495. The molecule has 1 atom stereocenters. The van der Waals surface area contributed by atoms with Crippen molar-refractivity contribution in [1.82, 2.24) is 5.32 Å². The molecule has 0 aliphatic rings. The second-order valence-corrected chi connectivity index (χ2v) is 4.62. The van der Waals surface area contributed by atoms with Gasteiger partial charge in [0.25, 0.3) is 0 Å². The van der Waals surface area contributed by atoms with Crippen molar-refractivity contribution in [2.75, 3.05) is 0 Å². The van der Waals surface area contributed by atoms with Gasteiger partial charge in [0.05, 0.1) is 6.04 Å². The molecule has 98 valence electrons. The Morgan fingerprint density at radius 3 is 2.32 bits per heavy atom. The molecule has 2 nitrogen and oxygen atoms in total. The van der Waals surface area contributed by atoms with Gasteiger partial charge in [-0.25, -0.2) is 0 Å². The molecule has 2 heteroatoms. The van der Waals surface area contributed by atoms with Crippen molar-refractivity contribution in [2.45, 2.75) is 26.3 Å². The van der Waals surface area contributed by atoms with Crippen molar-refractivity contribution in [3.05, 3.63) is 71.3 Å². The third-order valence-corrected chi connectivity index (χ3v) is 3.26. The number of hydrogen-bond acceptors (Lipinski definition) is 1. The summed E-state index contributed by atoms with van der Waals surface area (Å²) < 4.78 is 0. The predicted molar refractivity (Wildman–Crippen MR) is 77.9 cm³/mol. The molecule has 0 bridgehead atoms. The van der Waals surface area contributed by atoms with E-state index in [1.807, 2.05) is 49.4 Å². The molecule has 0 spiro atoms. The van der Waals surface area contributed by atoms with E-state index in [0.717, 1.165) is 11.1 Å². The summed E-state index contributed by atoms with van der Waals surface area (Å²) in [6, 6.07) is 18.2. The molecule has 0 aliphatic heterocycles. The van der Waals surface area contributed by atoms with Crippen LogP contribution in [0.15, 0.2) is 54.6 Å². The summed E-state index contributed by atoms with van der Waals surface area (Å²) in [5, 5.41) is 3.10. The summed E-state index contributed by atoms with van der Waals surface area (Å²) in [4.78, 5) is 11.8. The highest BCUT2D eigenvalue weighted by Gasteiger charge is 2.17. The third-order valence-electron chi connectivity index (χ3n) is 3.26. The first kappa shape index (κ1) is 13.3. The molecule has 2 rings (SSSR count). The molecule has 0 radical (unpaired) electrons. The summed E-state index contributed by atoms with van der Waals surface area (Å²) in [7, 11) is 0. The average Bonchev–Trinajstić information content (AvgIpc) is 2.46. The van der Waals surface area contributed by atoms with Gasteiger partial charge in [-0.05, 0) is 23.6 Å². The Balaban J connectivity index is 2.40. The predicted octanol–water partition coefficient (Wildman–Crippen LogP) is 3.61. The first-order valence-corrected chi connectivity index (χ1v) is 6.62. The summed E-state index contributed by atoms with van der Waals surface area (Å²) in [5.74, 6) is 0.0668. The van der Waals surface area contributed by atoms with Crippen molar-refractivity contribution in [3.8, 4) is 0 Å². The quantitative estimate of drug-likeness (QED) is 0.886. The Bertz CT molecular complexity index is 548. The summed E-state index contributed by atoms with van der Waals surface area (Å²) >= 11 is 0. The van der Waals surface area contributed by atoms with Crippen LogP contribution in [-0.4, -0.2) is 5.91 Å². The standard InChI is InChI=1S/C17H19NO/c1-3-16(19)18-17(14-10-5-4-6-11-14)15-12-8-7-9-13(15)2/h4-12,17H,3H2,1-2H3,(H,18,19)/t17-/m1/s1. The van der Waals surface area contributed by atoms with Crippen molar-refractivity contribution in [1.29, 1.82) is 0 Å². The van der Waals surface area contributed by atoms with E-state index in [-0.39, 0.29) is 11.9 Å². The Morgan fingerprint density at radius 2 is 1.68 bits per heavy atom. The van der Waals surface area contributed by atoms with Crippen LogP contribution in [0, 0.1) is 6.92 Å². The first-order valence-electron chi connectivity index (χ1n) is 6.62. The van der Waals surface area contributed by atoms with E-state index in [1.165, 1.54) is 5.56 Å². The van der Waals surface area contributed by atoms with E-state index >= 15 is 0 Å². The van der Waals surface area contributed by atoms with Crippen molar-refractivity contribution >= 4 is 5.91 Å². The van der Waals surface area contributed by atoms with E-state index in [1.54, 1.807) is 0 Å². The highest BCUT2D eigenvalue weighted by Crippen LogP contribution is 2.24. The zero-order valence-corrected chi connectivity index (χ0v) is 11.4. The maximum absolute atomic E-state index is 11.8. The van der Waals surface area contributed by atoms with E-state index in [4.69, 9.17) is 0 Å². The van der Waals surface area contributed by atoms with Gasteiger partial charge >= 0.3 is 0 Å². The molecule has 1 N–H and O–H groups in total. The molecule has 19 heavy (non-hydrogen) atoms. The topological polar surface area (TPSA) is 29.1 Å². The fraction of sp³-hybridized carbons (Fsp3) is 0.235. The molecule has 0 aromatic heterocycles. The second-order valence-electron chi connectivity index (χ2n) is 4.62. The number of carbonyl (C=O) groups is 1. The van der Waals surface area contributed by atoms with Crippen LogP contribution in [0.4, 0.5) is 0 Å². The van der Waals surface area contributed by atoms with Crippen LogP contribution < -0.4 is 5.32 Å². The maximum atomic E-state index is 11.8. The Hall–Kier alpha value is -2.09. The number of rotatable bonds is 4. The van der Waals surface area contributed by atoms with E-state index < -0.39 is 0 Å². The molecular weight excluding hydrogens is 234 g/mol. The number of hydrogen-bond donors (Lipinski definition) is 1. The van der Waals surface area contributed by atoms with Gasteiger partial charge in [0.1, 0.15) is 0 Å². The molecule has 0 fully saturated rings. The average molecular weight is 253 g/mol. The minimum Gasteiger partial charge on any atom is -0.345 e. The number of amides is 1. The zero-order valence-electron chi connectivity index (χ0n) is 11.4. The van der Waals surface area contributed by atoms with Gasteiger partial charge in [-0.2, -0.15) is 0 Å². The lowest BCUT2D eigenvalue weighted by Gasteiger charge is -2.21. The van der Waals surface area contributed by atoms with Gasteiger partial charge in [-0.3, -0.25) is 4.79 Å². The van der Waals surface area contributed by atoms with Crippen molar-refractivity contribution in [3.63, 3.8) is 0 Å². The highest BCUT2D eigenvalue weighted by molar-refractivity contribution is 5.76. The van der Waals surface area contributed by atoms with E-state index in [2.05, 4.69) is 24.4 Å². The summed E-state index contributed by atoms with van der Waals surface area (Å²) in [5.41, 5.74) is 3.45. The maximum Gasteiger partial charge on any atom is 0.220 e. The molecule has 0 saturated carbocycles. The normalized spacial score (nSPS) is 11.9. The van der Waals surface area contributed by atoms with Crippen molar-refractivity contribution < 1.29 is 4.79 Å². The molecule has 0 unspecified atom stereocenters. The molecule has 0 aliphatic carbocycles. The first-order chi connectivity index (χ1) is 9.22. The van der Waals surface area contributed by atoms with Gasteiger partial charge in [0, 0.05) is 6.42 Å². The van der Waals surface area contributed by atoms with E-state index in [0.29, 0.717) is 6.42 Å². The SMILES string of the molecule is CCC(=O)N[C@H](c1ccccc1)c1ccccc1C. The van der Waals surface area contributed by atoms with Crippen LogP contribution >= 0.6 is 0 Å². The minimum atomic E-state index is -0.0742.